The fraction of sp³-hybridized carbons (Fsp3) is 0.143. The summed E-state index contributed by atoms with van der Waals surface area (Å²) in [5, 5.41) is 3.93. The molecule has 0 unspecified atom stereocenters. The van der Waals surface area contributed by atoms with Crippen LogP contribution in [0.1, 0.15) is 0 Å². The van der Waals surface area contributed by atoms with Gasteiger partial charge in [0.05, 0.1) is 17.8 Å². The van der Waals surface area contributed by atoms with Crippen LogP contribution in [-0.2, 0) is 0 Å². The topological polar surface area (TPSA) is 91.7 Å². The maximum Gasteiger partial charge on any atom is 0.256 e. The third-order valence-corrected chi connectivity index (χ3v) is 2.72. The van der Waals surface area contributed by atoms with Gasteiger partial charge >= 0.3 is 0 Å². The third-order valence-electron chi connectivity index (χ3n) is 1.67. The zero-order valence-electron chi connectivity index (χ0n) is 8.05. The Morgan fingerprint density at radius 3 is 2.69 bits per heavy atom. The molecule has 16 heavy (non-hydrogen) atoms. The van der Waals surface area contributed by atoms with E-state index in [9.17, 15) is 0 Å². The van der Waals surface area contributed by atoms with Gasteiger partial charge in [-0.15, -0.1) is 5.10 Å². The molecule has 0 aliphatic heterocycles. The highest BCUT2D eigenvalue weighted by Gasteiger charge is 2.12. The summed E-state index contributed by atoms with van der Waals surface area (Å²) in [4.78, 5) is 12.1. The second-order valence-corrected chi connectivity index (χ2v) is 4.24. The number of hydrogen-bond acceptors (Lipinski definition) is 6. The standard InChI is InChI=1S/C7H6Br2N6O/c1-16-4-3(8)2-11-7(12-4)15-5(9)13-6(10)14-15/h2H,1H3,(H2,10,14). The Labute approximate surface area is 107 Å². The van der Waals surface area contributed by atoms with E-state index in [-0.39, 0.29) is 5.95 Å². The van der Waals surface area contributed by atoms with Gasteiger partial charge in [0, 0.05) is 0 Å². The van der Waals surface area contributed by atoms with E-state index in [2.05, 4.69) is 51.9 Å². The molecule has 0 aliphatic carbocycles. The van der Waals surface area contributed by atoms with Crippen molar-refractivity contribution in [3.8, 4) is 11.8 Å². The summed E-state index contributed by atoms with van der Waals surface area (Å²) in [7, 11) is 1.52. The Balaban J connectivity index is 2.52. The van der Waals surface area contributed by atoms with E-state index in [0.717, 1.165) is 0 Å². The summed E-state index contributed by atoms with van der Waals surface area (Å²) < 4.78 is 7.49. The third kappa shape index (κ3) is 2.00. The molecule has 0 spiro atoms. The molecule has 2 aromatic rings. The average molecular weight is 350 g/mol. The number of nitrogens with zero attached hydrogens (tertiary/aromatic N) is 5. The molecule has 0 saturated carbocycles. The molecule has 7 nitrogen and oxygen atoms in total. The van der Waals surface area contributed by atoms with Crippen molar-refractivity contribution in [2.45, 2.75) is 0 Å². The lowest BCUT2D eigenvalue weighted by atomic mass is 10.6. The van der Waals surface area contributed by atoms with E-state index in [4.69, 9.17) is 10.5 Å². The number of ether oxygens (including phenoxy) is 1. The number of nitrogens with two attached hydrogens (primary N) is 1. The van der Waals surface area contributed by atoms with E-state index in [1.165, 1.54) is 11.8 Å². The van der Waals surface area contributed by atoms with Crippen LogP contribution in [0.15, 0.2) is 15.4 Å². The highest BCUT2D eigenvalue weighted by atomic mass is 79.9. The van der Waals surface area contributed by atoms with Crippen molar-refractivity contribution >= 4 is 37.8 Å². The summed E-state index contributed by atoms with van der Waals surface area (Å²) in [5.41, 5.74) is 5.45. The van der Waals surface area contributed by atoms with E-state index >= 15 is 0 Å². The van der Waals surface area contributed by atoms with Crippen LogP contribution in [0.4, 0.5) is 5.95 Å². The molecule has 0 bridgehead atoms. The lowest BCUT2D eigenvalue weighted by Gasteiger charge is -2.04. The quantitative estimate of drug-likeness (QED) is 0.875. The molecule has 0 radical (unpaired) electrons. The van der Waals surface area contributed by atoms with Crippen LogP contribution in [0.5, 0.6) is 5.88 Å². The summed E-state index contributed by atoms with van der Waals surface area (Å²) in [6, 6.07) is 0. The Hall–Kier alpha value is -1.22. The van der Waals surface area contributed by atoms with Gasteiger partial charge < -0.3 is 10.5 Å². The first-order chi connectivity index (χ1) is 7.61. The molecule has 0 fully saturated rings. The SMILES string of the molecule is COc1nc(-n2nc(N)nc2Br)ncc1Br. The lowest BCUT2D eigenvalue weighted by Crippen LogP contribution is -2.05. The number of rotatable bonds is 2. The van der Waals surface area contributed by atoms with Crippen LogP contribution >= 0.6 is 31.9 Å². The van der Waals surface area contributed by atoms with E-state index in [0.29, 0.717) is 21.0 Å². The largest absolute Gasteiger partial charge is 0.480 e. The zero-order chi connectivity index (χ0) is 11.7. The van der Waals surface area contributed by atoms with Crippen molar-refractivity contribution in [3.63, 3.8) is 0 Å². The summed E-state index contributed by atoms with van der Waals surface area (Å²) in [6.45, 7) is 0. The molecule has 2 heterocycles. The monoisotopic (exact) mass is 348 g/mol. The molecular formula is C7H6Br2N6O. The van der Waals surface area contributed by atoms with E-state index in [1.807, 2.05) is 0 Å². The van der Waals surface area contributed by atoms with Crippen molar-refractivity contribution < 1.29 is 4.74 Å². The normalized spacial score (nSPS) is 10.4. The number of halogens is 2. The minimum atomic E-state index is 0.136. The predicted octanol–water partition coefficient (Wildman–Crippen LogP) is 1.17. The number of hydrogen-bond donors (Lipinski definition) is 1. The predicted molar refractivity (Wildman–Crippen MR) is 63.3 cm³/mol. The van der Waals surface area contributed by atoms with Crippen LogP contribution in [0.3, 0.4) is 0 Å². The fourth-order valence-corrected chi connectivity index (χ4v) is 1.80. The second kappa shape index (κ2) is 4.34. The molecular weight excluding hydrogens is 344 g/mol. The molecule has 2 rings (SSSR count). The molecule has 9 heteroatoms. The van der Waals surface area contributed by atoms with Crippen molar-refractivity contribution in [1.29, 1.82) is 0 Å². The van der Waals surface area contributed by atoms with Crippen LogP contribution in [-0.4, -0.2) is 31.8 Å². The summed E-state index contributed by atoms with van der Waals surface area (Å²) >= 11 is 6.45. The van der Waals surface area contributed by atoms with E-state index < -0.39 is 0 Å². The highest BCUT2D eigenvalue weighted by molar-refractivity contribution is 9.10. The van der Waals surface area contributed by atoms with Gasteiger partial charge in [0.1, 0.15) is 0 Å². The van der Waals surface area contributed by atoms with Gasteiger partial charge in [-0.3, -0.25) is 0 Å². The van der Waals surface area contributed by atoms with Gasteiger partial charge in [-0.1, -0.05) is 0 Å². The first-order valence-corrected chi connectivity index (χ1v) is 5.65. The number of anilines is 1. The maximum absolute atomic E-state index is 5.45. The van der Waals surface area contributed by atoms with Crippen molar-refractivity contribution in [2.24, 2.45) is 0 Å². The van der Waals surface area contributed by atoms with Gasteiger partial charge in [0.2, 0.25) is 16.6 Å². The minimum absolute atomic E-state index is 0.136. The molecule has 84 valence electrons. The lowest BCUT2D eigenvalue weighted by molar-refractivity contribution is 0.392. The molecule has 0 aliphatic rings. The zero-order valence-corrected chi connectivity index (χ0v) is 11.2. The van der Waals surface area contributed by atoms with Gasteiger partial charge in [-0.05, 0) is 31.9 Å². The Bertz CT molecular complexity index is 528. The van der Waals surface area contributed by atoms with E-state index in [1.54, 1.807) is 6.20 Å². The van der Waals surface area contributed by atoms with Crippen LogP contribution in [0.2, 0.25) is 0 Å². The summed E-state index contributed by atoms with van der Waals surface area (Å²) in [5.74, 6) is 0.861. The molecule has 0 saturated heterocycles. The number of aromatic nitrogens is 5. The Morgan fingerprint density at radius 1 is 1.38 bits per heavy atom. The first kappa shape index (κ1) is 11.3. The maximum atomic E-state index is 5.45. The second-order valence-electron chi connectivity index (χ2n) is 2.68. The Morgan fingerprint density at radius 2 is 2.12 bits per heavy atom. The molecule has 0 amide bonds. The van der Waals surface area contributed by atoms with Crippen LogP contribution < -0.4 is 10.5 Å². The fourth-order valence-electron chi connectivity index (χ4n) is 1.02. The molecule has 0 atom stereocenters. The smallest absolute Gasteiger partial charge is 0.256 e. The van der Waals surface area contributed by atoms with Crippen LogP contribution in [0.25, 0.3) is 5.95 Å². The van der Waals surface area contributed by atoms with Crippen molar-refractivity contribution in [1.82, 2.24) is 24.7 Å². The molecule has 0 aromatic carbocycles. The highest BCUT2D eigenvalue weighted by Crippen LogP contribution is 2.22. The number of nitrogen functional groups attached to an aromatic ring is 1. The first-order valence-electron chi connectivity index (χ1n) is 4.06. The average Bonchev–Trinajstić information content (AvgIpc) is 2.59. The van der Waals surface area contributed by atoms with Crippen molar-refractivity contribution in [2.75, 3.05) is 12.8 Å². The molecule has 2 N–H and O–H groups in total. The number of methoxy groups -OCH3 is 1. The minimum Gasteiger partial charge on any atom is -0.480 e. The van der Waals surface area contributed by atoms with Gasteiger partial charge in [0.25, 0.3) is 5.95 Å². The summed E-state index contributed by atoms with van der Waals surface area (Å²) in [6.07, 6.45) is 1.56. The van der Waals surface area contributed by atoms with Gasteiger partial charge in [-0.25, -0.2) is 4.98 Å². The Kier molecular flexibility index (Phi) is 3.06. The van der Waals surface area contributed by atoms with Crippen LogP contribution in [0, 0.1) is 0 Å². The molecule has 2 aromatic heterocycles. The van der Waals surface area contributed by atoms with Gasteiger partial charge in [0.15, 0.2) is 0 Å². The van der Waals surface area contributed by atoms with Crippen molar-refractivity contribution in [3.05, 3.63) is 15.4 Å². The van der Waals surface area contributed by atoms with Gasteiger partial charge in [-0.2, -0.15) is 14.6 Å².